The number of hydrogen-bond donors (Lipinski definition) is 2. The van der Waals surface area contributed by atoms with E-state index in [0.717, 1.165) is 83.5 Å². The Morgan fingerprint density at radius 3 is 1.33 bits per heavy atom. The molecule has 0 saturated heterocycles. The topological polar surface area (TPSA) is 134 Å². The largest absolute Gasteiger partial charge is 0.472 e. The van der Waals surface area contributed by atoms with Gasteiger partial charge in [-0.15, -0.1) is 6.42 Å². The van der Waals surface area contributed by atoms with Gasteiger partial charge in [-0.1, -0.05) is 185 Å². The average molecular weight is 872 g/mol. The molecule has 0 aliphatic heterocycles. The summed E-state index contributed by atoms with van der Waals surface area (Å²) in [5.41, 5.74) is 5.36. The zero-order valence-corrected chi connectivity index (χ0v) is 39.5. The van der Waals surface area contributed by atoms with Gasteiger partial charge in [-0.05, 0) is 55.8 Å². The zero-order valence-electron chi connectivity index (χ0n) is 38.6. The van der Waals surface area contributed by atoms with Crippen molar-refractivity contribution in [1.82, 2.24) is 0 Å². The highest BCUT2D eigenvalue weighted by Gasteiger charge is 2.26. The Bertz CT molecular complexity index is 1330. The molecule has 1 unspecified atom stereocenters. The number of rotatable bonds is 43. The van der Waals surface area contributed by atoms with Gasteiger partial charge >= 0.3 is 19.8 Å². The second-order valence-electron chi connectivity index (χ2n) is 16.2. The molecule has 0 rings (SSSR count). The van der Waals surface area contributed by atoms with E-state index in [4.69, 9.17) is 30.7 Å². The van der Waals surface area contributed by atoms with Gasteiger partial charge in [0.1, 0.15) is 6.61 Å². The smallest absolute Gasteiger partial charge is 0.462 e. The molecule has 0 fully saturated rings. The van der Waals surface area contributed by atoms with Crippen LogP contribution in [0.1, 0.15) is 232 Å². The van der Waals surface area contributed by atoms with Gasteiger partial charge in [0.2, 0.25) is 0 Å². The van der Waals surface area contributed by atoms with E-state index in [1.807, 2.05) is 0 Å². The van der Waals surface area contributed by atoms with Crippen molar-refractivity contribution >= 4 is 19.8 Å². The molecular weight excluding hydrogens is 786 g/mol. The van der Waals surface area contributed by atoms with Gasteiger partial charge in [0.05, 0.1) is 13.2 Å². The number of phosphoric acid groups is 1. The standard InChI is InChI=1S/C51H86NO8P/c1-3-5-7-9-11-13-15-17-19-21-23-25-27-29-31-33-35-37-39-41-43-50(53)57-47-49(48-59-61(55,56)58-46-45-52)60-51(54)44-42-40-38-36-34-32-30-28-26-24-22-20-18-16-14-12-10-8-6-4-2/h1,49H,4,6,8-21,23,25,27,29-48,52H2,2H3,(H,55,56)/t49-/m1/s1. The van der Waals surface area contributed by atoms with Gasteiger partial charge in [-0.25, -0.2) is 4.57 Å². The lowest BCUT2D eigenvalue weighted by Gasteiger charge is -2.19. The van der Waals surface area contributed by atoms with Crippen molar-refractivity contribution in [2.45, 2.75) is 238 Å². The summed E-state index contributed by atoms with van der Waals surface area (Å²) in [6.45, 7) is 1.42. The number of phosphoric ester groups is 1. The molecule has 0 spiro atoms. The van der Waals surface area contributed by atoms with Crippen LogP contribution < -0.4 is 5.73 Å². The molecule has 348 valence electrons. The predicted molar refractivity (Wildman–Crippen MR) is 251 cm³/mol. The van der Waals surface area contributed by atoms with Crippen molar-refractivity contribution in [2.24, 2.45) is 5.73 Å². The molecule has 0 radical (unpaired) electrons. The minimum Gasteiger partial charge on any atom is -0.462 e. The fourth-order valence-corrected chi connectivity index (χ4v) is 7.59. The molecule has 61 heavy (non-hydrogen) atoms. The van der Waals surface area contributed by atoms with Crippen LogP contribution in [0.4, 0.5) is 0 Å². The number of carbonyl (C=O) groups is 2. The molecule has 0 aromatic rings. The van der Waals surface area contributed by atoms with Crippen LogP contribution in [0, 0.1) is 47.9 Å². The lowest BCUT2D eigenvalue weighted by atomic mass is 10.0. The lowest BCUT2D eigenvalue weighted by molar-refractivity contribution is -0.161. The van der Waals surface area contributed by atoms with Crippen molar-refractivity contribution in [3.8, 4) is 47.9 Å². The van der Waals surface area contributed by atoms with E-state index in [0.29, 0.717) is 6.42 Å². The van der Waals surface area contributed by atoms with Crippen molar-refractivity contribution in [2.75, 3.05) is 26.4 Å². The quantitative estimate of drug-likeness (QED) is 0.0266. The summed E-state index contributed by atoms with van der Waals surface area (Å²) in [4.78, 5) is 35.0. The normalized spacial score (nSPS) is 12.1. The van der Waals surface area contributed by atoms with Crippen LogP contribution in [-0.2, 0) is 32.7 Å². The van der Waals surface area contributed by atoms with Crippen LogP contribution in [-0.4, -0.2) is 49.3 Å². The number of esters is 2. The molecule has 9 nitrogen and oxygen atoms in total. The molecule has 0 aromatic carbocycles. The third kappa shape index (κ3) is 46.6. The summed E-state index contributed by atoms with van der Waals surface area (Å²) in [6, 6.07) is 0. The van der Waals surface area contributed by atoms with Gasteiger partial charge in [-0.2, -0.15) is 0 Å². The molecule has 3 N–H and O–H groups in total. The number of nitrogens with two attached hydrogens (primary N) is 1. The molecule has 0 heterocycles. The van der Waals surface area contributed by atoms with Gasteiger partial charge in [-0.3, -0.25) is 18.6 Å². The molecule has 2 atom stereocenters. The first-order valence-electron chi connectivity index (χ1n) is 24.4. The van der Waals surface area contributed by atoms with Crippen LogP contribution in [0.3, 0.4) is 0 Å². The fraction of sp³-hybridized carbons (Fsp3) is 0.804. The maximum absolute atomic E-state index is 12.6. The van der Waals surface area contributed by atoms with Gasteiger partial charge in [0.25, 0.3) is 0 Å². The van der Waals surface area contributed by atoms with Crippen LogP contribution >= 0.6 is 7.82 Å². The summed E-state index contributed by atoms with van der Waals surface area (Å²) < 4.78 is 32.8. The Morgan fingerprint density at radius 1 is 0.541 bits per heavy atom. The molecule has 10 heteroatoms. The maximum Gasteiger partial charge on any atom is 0.472 e. The van der Waals surface area contributed by atoms with E-state index in [2.05, 4.69) is 48.4 Å². The molecule has 0 amide bonds. The van der Waals surface area contributed by atoms with Crippen LogP contribution in [0.15, 0.2) is 0 Å². The summed E-state index contributed by atoms with van der Waals surface area (Å²) in [6.07, 6.45) is 42.8. The van der Waals surface area contributed by atoms with E-state index < -0.39 is 32.5 Å². The van der Waals surface area contributed by atoms with Crippen molar-refractivity contribution in [3.63, 3.8) is 0 Å². The van der Waals surface area contributed by atoms with Gasteiger partial charge in [0.15, 0.2) is 6.10 Å². The predicted octanol–water partition coefficient (Wildman–Crippen LogP) is 12.9. The number of ether oxygens (including phenoxy) is 2. The van der Waals surface area contributed by atoms with Gasteiger partial charge < -0.3 is 20.1 Å². The third-order valence-corrected chi connectivity index (χ3v) is 11.4. The van der Waals surface area contributed by atoms with Gasteiger partial charge in [0, 0.05) is 38.6 Å². The lowest BCUT2D eigenvalue weighted by Crippen LogP contribution is -2.29. The van der Waals surface area contributed by atoms with Crippen molar-refractivity contribution < 1.29 is 37.6 Å². The highest BCUT2D eigenvalue weighted by atomic mass is 31.2. The number of unbranched alkanes of at least 4 members (excludes halogenated alkanes) is 30. The summed E-state index contributed by atoms with van der Waals surface area (Å²) >= 11 is 0. The monoisotopic (exact) mass is 872 g/mol. The summed E-state index contributed by atoms with van der Waals surface area (Å²) in [5.74, 6) is 19.5. The summed E-state index contributed by atoms with van der Waals surface area (Å²) in [7, 11) is -4.40. The number of hydrogen-bond acceptors (Lipinski definition) is 8. The molecule has 0 saturated carbocycles. The van der Waals surface area contributed by atoms with E-state index >= 15 is 0 Å². The molecule has 0 aromatic heterocycles. The van der Waals surface area contributed by atoms with E-state index in [-0.39, 0.29) is 32.6 Å². The molecule has 0 aliphatic carbocycles. The molecule has 0 aliphatic rings. The SMILES string of the molecule is C#CC#CCCCCCCCCCCCCCCCCCCC(=O)OC[C@H](COP(=O)(O)OCCN)OC(=O)CCCCCCCCC#CC#CCCCCCCCCCC. The van der Waals surface area contributed by atoms with Crippen LogP contribution in [0.25, 0.3) is 0 Å². The Kier molecular flexibility index (Phi) is 44.6. The molecular formula is C51H86NO8P. The average Bonchev–Trinajstić information content (AvgIpc) is 3.25. The Labute approximate surface area is 373 Å². The second kappa shape index (κ2) is 46.7. The third-order valence-electron chi connectivity index (χ3n) is 10.4. The zero-order chi connectivity index (χ0) is 44.6. The number of terminal acetylenes is 1. The first kappa shape index (κ1) is 58.2. The summed E-state index contributed by atoms with van der Waals surface area (Å²) in [5, 5.41) is 0. The first-order valence-corrected chi connectivity index (χ1v) is 25.9. The minimum atomic E-state index is -4.40. The highest BCUT2D eigenvalue weighted by molar-refractivity contribution is 7.47. The molecule has 0 bridgehead atoms. The Hall–Kier alpha value is -2.75. The van der Waals surface area contributed by atoms with Crippen molar-refractivity contribution in [3.05, 3.63) is 0 Å². The first-order chi connectivity index (χ1) is 29.8. The van der Waals surface area contributed by atoms with E-state index in [9.17, 15) is 19.0 Å². The Balaban J connectivity index is 4.08. The van der Waals surface area contributed by atoms with E-state index in [1.165, 1.54) is 122 Å². The minimum absolute atomic E-state index is 0.0425. The van der Waals surface area contributed by atoms with Crippen LogP contribution in [0.5, 0.6) is 0 Å². The highest BCUT2D eigenvalue weighted by Crippen LogP contribution is 2.43. The second-order valence-corrected chi connectivity index (χ2v) is 17.7. The Morgan fingerprint density at radius 2 is 0.918 bits per heavy atom. The fourth-order valence-electron chi connectivity index (χ4n) is 6.82. The van der Waals surface area contributed by atoms with E-state index in [1.54, 1.807) is 0 Å². The number of carbonyl (C=O) groups excluding carboxylic acids is 2. The van der Waals surface area contributed by atoms with Crippen molar-refractivity contribution in [1.29, 1.82) is 0 Å². The van der Waals surface area contributed by atoms with Crippen LogP contribution in [0.2, 0.25) is 0 Å². The maximum atomic E-state index is 12.6.